The van der Waals surface area contributed by atoms with E-state index in [1.807, 2.05) is 0 Å². The third kappa shape index (κ3) is 2.43. The topological polar surface area (TPSA) is 50.1 Å². The lowest BCUT2D eigenvalue weighted by atomic mass is 9.56. The molecule has 23 heavy (non-hydrogen) atoms. The van der Waals surface area contributed by atoms with Gasteiger partial charge in [-0.2, -0.15) is 5.26 Å². The van der Waals surface area contributed by atoms with E-state index in [1.165, 1.54) is 23.1 Å². The van der Waals surface area contributed by atoms with Gasteiger partial charge in [-0.05, 0) is 54.6 Å². The average molecular weight is 313 g/mol. The molecule has 124 valence electrons. The summed E-state index contributed by atoms with van der Waals surface area (Å²) in [7, 11) is 0. The molecule has 2 aliphatic carbocycles. The lowest BCUT2D eigenvalue weighted by Crippen LogP contribution is -2.46. The molecule has 0 aromatic heterocycles. The second-order valence-corrected chi connectivity index (χ2v) is 8.21. The minimum Gasteiger partial charge on any atom is -0.458 e. The van der Waals surface area contributed by atoms with Crippen molar-refractivity contribution in [3.05, 3.63) is 22.8 Å². The van der Waals surface area contributed by atoms with Crippen LogP contribution < -0.4 is 0 Å². The number of fused-ring (bicyclic) bond motifs is 3. The predicted octanol–water partition coefficient (Wildman–Crippen LogP) is 4.69. The quantitative estimate of drug-likeness (QED) is 0.710. The number of hydrogen-bond donors (Lipinski definition) is 0. The van der Waals surface area contributed by atoms with E-state index in [4.69, 9.17) is 10.00 Å². The molecule has 0 saturated heterocycles. The Morgan fingerprint density at radius 3 is 2.74 bits per heavy atom. The fourth-order valence-corrected chi connectivity index (χ4v) is 4.90. The summed E-state index contributed by atoms with van der Waals surface area (Å²) in [5.41, 5.74) is 4.26. The van der Waals surface area contributed by atoms with Gasteiger partial charge in [0.2, 0.25) is 0 Å². The minimum atomic E-state index is -0.229. The Labute approximate surface area is 139 Å². The Morgan fingerprint density at radius 2 is 2.09 bits per heavy atom. The van der Waals surface area contributed by atoms with Crippen molar-refractivity contribution in [2.75, 3.05) is 0 Å². The third-order valence-corrected chi connectivity index (χ3v) is 6.40. The lowest BCUT2D eigenvalue weighted by Gasteiger charge is -2.50. The van der Waals surface area contributed by atoms with Crippen LogP contribution in [0.25, 0.3) is 0 Å². The predicted molar refractivity (Wildman–Crippen MR) is 89.4 cm³/mol. The molecule has 1 heterocycles. The number of nitrogens with zero attached hydrogens (tertiary/aromatic N) is 1. The molecular formula is C20H27NO2. The Bertz CT molecular complexity index is 637. The number of cyclic esters (lactones) is 1. The molecule has 3 heteroatoms. The molecule has 3 atom stereocenters. The number of esters is 1. The number of ether oxygens (including phenoxy) is 1. The van der Waals surface area contributed by atoms with Crippen LogP contribution in [-0.2, 0) is 9.53 Å². The molecule has 0 N–H and O–H groups in total. The zero-order chi connectivity index (χ0) is 16.8. The molecule has 1 aliphatic heterocycles. The zero-order valence-electron chi connectivity index (χ0n) is 14.7. The summed E-state index contributed by atoms with van der Waals surface area (Å²) in [5, 5.41) is 8.93. The van der Waals surface area contributed by atoms with Crippen LogP contribution in [0.2, 0.25) is 0 Å². The third-order valence-electron chi connectivity index (χ3n) is 6.40. The van der Waals surface area contributed by atoms with Crippen molar-refractivity contribution in [2.45, 2.75) is 72.3 Å². The molecule has 0 radical (unpaired) electrons. The molecule has 0 bridgehead atoms. The van der Waals surface area contributed by atoms with Crippen molar-refractivity contribution in [1.82, 2.24) is 0 Å². The first-order valence-electron chi connectivity index (χ1n) is 8.85. The van der Waals surface area contributed by atoms with Gasteiger partial charge in [-0.15, -0.1) is 0 Å². The Kier molecular flexibility index (Phi) is 3.91. The van der Waals surface area contributed by atoms with Crippen LogP contribution in [0.15, 0.2) is 22.8 Å². The normalized spacial score (nSPS) is 36.3. The Hall–Kier alpha value is -1.56. The first-order chi connectivity index (χ1) is 10.8. The molecule has 0 aromatic rings. The smallest absolute Gasteiger partial charge is 0.331 e. The molecule has 1 fully saturated rings. The fraction of sp³-hybridized carbons (Fsp3) is 0.700. The van der Waals surface area contributed by atoms with Gasteiger partial charge in [0.1, 0.15) is 6.10 Å². The van der Waals surface area contributed by atoms with E-state index in [1.54, 1.807) is 6.08 Å². The summed E-state index contributed by atoms with van der Waals surface area (Å²) in [4.78, 5) is 12.2. The number of allylic oxidation sites excluding steroid dienone is 2. The van der Waals surface area contributed by atoms with Gasteiger partial charge < -0.3 is 4.74 Å². The van der Waals surface area contributed by atoms with Crippen LogP contribution in [0, 0.1) is 28.1 Å². The van der Waals surface area contributed by atoms with Crippen molar-refractivity contribution in [2.24, 2.45) is 16.7 Å². The molecule has 0 spiro atoms. The summed E-state index contributed by atoms with van der Waals surface area (Å²) in [5.74, 6) is 0.290. The van der Waals surface area contributed by atoms with Gasteiger partial charge in [-0.1, -0.05) is 33.3 Å². The van der Waals surface area contributed by atoms with Crippen LogP contribution in [0.3, 0.4) is 0 Å². The van der Waals surface area contributed by atoms with E-state index in [0.717, 1.165) is 19.3 Å². The highest BCUT2D eigenvalue weighted by Crippen LogP contribution is 2.62. The van der Waals surface area contributed by atoms with E-state index in [0.29, 0.717) is 18.8 Å². The van der Waals surface area contributed by atoms with Crippen molar-refractivity contribution in [3.63, 3.8) is 0 Å². The maximum absolute atomic E-state index is 12.2. The van der Waals surface area contributed by atoms with Gasteiger partial charge in [0.15, 0.2) is 0 Å². The standard InChI is InChI=1S/C20H27NO2/c1-13(2)14-7-8-19(3)9-10-20(4)15(18(14)19)12-17(22)23-16(20)6-5-11-21/h12-13,16H,5-10H2,1-4H3/t16-,19+,20+/m0/s1. The largest absolute Gasteiger partial charge is 0.458 e. The first kappa shape index (κ1) is 16.3. The molecule has 0 amide bonds. The van der Waals surface area contributed by atoms with Crippen molar-refractivity contribution < 1.29 is 9.53 Å². The van der Waals surface area contributed by atoms with Gasteiger partial charge in [0.25, 0.3) is 0 Å². The first-order valence-corrected chi connectivity index (χ1v) is 8.85. The van der Waals surface area contributed by atoms with Crippen LogP contribution in [0.1, 0.15) is 66.2 Å². The van der Waals surface area contributed by atoms with Crippen molar-refractivity contribution in [1.29, 1.82) is 5.26 Å². The van der Waals surface area contributed by atoms with E-state index in [9.17, 15) is 4.79 Å². The summed E-state index contributed by atoms with van der Waals surface area (Å²) in [6, 6.07) is 2.20. The van der Waals surface area contributed by atoms with E-state index in [-0.39, 0.29) is 22.9 Å². The molecular weight excluding hydrogens is 286 g/mol. The van der Waals surface area contributed by atoms with E-state index in [2.05, 4.69) is 33.8 Å². The summed E-state index contributed by atoms with van der Waals surface area (Å²) in [6.07, 6.45) is 7.19. The van der Waals surface area contributed by atoms with Gasteiger partial charge in [0, 0.05) is 17.9 Å². The van der Waals surface area contributed by atoms with Crippen LogP contribution in [0.5, 0.6) is 0 Å². The van der Waals surface area contributed by atoms with Gasteiger partial charge in [0.05, 0.1) is 6.07 Å². The molecule has 1 saturated carbocycles. The fourth-order valence-electron chi connectivity index (χ4n) is 4.90. The molecule has 3 rings (SSSR count). The van der Waals surface area contributed by atoms with Gasteiger partial charge in [-0.3, -0.25) is 0 Å². The molecule has 0 unspecified atom stereocenters. The van der Waals surface area contributed by atoms with Gasteiger partial charge in [-0.25, -0.2) is 4.79 Å². The molecule has 3 aliphatic rings. The highest BCUT2D eigenvalue weighted by Gasteiger charge is 2.54. The van der Waals surface area contributed by atoms with Crippen LogP contribution >= 0.6 is 0 Å². The van der Waals surface area contributed by atoms with Crippen LogP contribution in [0.4, 0.5) is 0 Å². The highest BCUT2D eigenvalue weighted by atomic mass is 16.5. The number of nitriles is 1. The number of rotatable bonds is 3. The average Bonchev–Trinajstić information content (AvgIpc) is 2.84. The molecule has 0 aromatic carbocycles. The Morgan fingerprint density at radius 1 is 1.35 bits per heavy atom. The van der Waals surface area contributed by atoms with Gasteiger partial charge >= 0.3 is 5.97 Å². The monoisotopic (exact) mass is 313 g/mol. The second-order valence-electron chi connectivity index (χ2n) is 8.21. The summed E-state index contributed by atoms with van der Waals surface area (Å²) < 4.78 is 5.65. The number of hydrogen-bond acceptors (Lipinski definition) is 3. The summed E-state index contributed by atoms with van der Waals surface area (Å²) in [6.45, 7) is 9.11. The maximum atomic E-state index is 12.2. The SMILES string of the molecule is CC(C)C1=C2C3=CC(=O)O[C@@H](CCC#N)[C@]3(C)CC[C@@]2(C)CC1. The molecule has 3 nitrogen and oxygen atoms in total. The second kappa shape index (κ2) is 5.51. The van der Waals surface area contributed by atoms with E-state index >= 15 is 0 Å². The lowest BCUT2D eigenvalue weighted by molar-refractivity contribution is -0.152. The van der Waals surface area contributed by atoms with Crippen molar-refractivity contribution >= 4 is 5.97 Å². The summed E-state index contributed by atoms with van der Waals surface area (Å²) >= 11 is 0. The number of carbonyl (C=O) groups excluding carboxylic acids is 1. The Balaban J connectivity index is 2.10. The zero-order valence-corrected chi connectivity index (χ0v) is 14.7. The minimum absolute atomic E-state index is 0.135. The number of carbonyl (C=O) groups is 1. The maximum Gasteiger partial charge on any atom is 0.331 e. The highest BCUT2D eigenvalue weighted by molar-refractivity contribution is 5.86. The van der Waals surface area contributed by atoms with E-state index < -0.39 is 0 Å². The van der Waals surface area contributed by atoms with Crippen LogP contribution in [-0.4, -0.2) is 12.1 Å². The van der Waals surface area contributed by atoms with Crippen molar-refractivity contribution in [3.8, 4) is 6.07 Å².